The van der Waals surface area contributed by atoms with Crippen molar-refractivity contribution in [1.82, 2.24) is 9.97 Å². The first kappa shape index (κ1) is 17.9. The Morgan fingerprint density at radius 1 is 1.35 bits per heavy atom. The highest BCUT2D eigenvalue weighted by Crippen LogP contribution is 2.39. The van der Waals surface area contributed by atoms with E-state index < -0.39 is 5.92 Å². The van der Waals surface area contributed by atoms with Crippen molar-refractivity contribution in [2.24, 2.45) is 0 Å². The van der Waals surface area contributed by atoms with Crippen LogP contribution in [0.15, 0.2) is 28.2 Å². The topological polar surface area (TPSA) is 93.3 Å². The average molecular weight is 371 g/mol. The monoisotopic (exact) mass is 371 g/mol. The minimum Gasteiger partial charge on any atom is -0.497 e. The van der Waals surface area contributed by atoms with E-state index in [1.54, 1.807) is 25.3 Å². The molecular weight excluding hydrogens is 354 g/mol. The first-order chi connectivity index (χ1) is 12.6. The van der Waals surface area contributed by atoms with E-state index >= 15 is 0 Å². The third-order valence-corrected chi connectivity index (χ3v) is 4.82. The lowest BCUT2D eigenvalue weighted by atomic mass is 9.86. The van der Waals surface area contributed by atoms with Crippen LogP contribution in [0.3, 0.4) is 0 Å². The van der Waals surface area contributed by atoms with Gasteiger partial charge in [0.2, 0.25) is 5.91 Å². The number of ether oxygens (including phenoxy) is 2. The first-order valence-corrected chi connectivity index (χ1v) is 8.78. The summed E-state index contributed by atoms with van der Waals surface area (Å²) in [6, 6.07) is 5.29. The van der Waals surface area contributed by atoms with Gasteiger partial charge in [0.1, 0.15) is 17.3 Å². The molecule has 0 saturated carbocycles. The molecule has 0 bridgehead atoms. The van der Waals surface area contributed by atoms with Crippen LogP contribution in [0.2, 0.25) is 0 Å². The maximum atomic E-state index is 12.7. The number of hydrogen-bond donors (Lipinski definition) is 2. The van der Waals surface area contributed by atoms with Crippen LogP contribution in [0.25, 0.3) is 0 Å². The molecule has 0 radical (unpaired) electrons. The summed E-state index contributed by atoms with van der Waals surface area (Å²) in [5, 5.41) is 3.05. The Hall–Kier alpha value is -2.92. The van der Waals surface area contributed by atoms with Gasteiger partial charge in [-0.25, -0.2) is 4.98 Å². The van der Waals surface area contributed by atoms with Crippen LogP contribution in [-0.4, -0.2) is 35.8 Å². The Balaban J connectivity index is 2.11. The van der Waals surface area contributed by atoms with Gasteiger partial charge in [0.15, 0.2) is 5.16 Å². The van der Waals surface area contributed by atoms with Crippen LogP contribution in [0.1, 0.15) is 23.5 Å². The number of hydrogen-bond acceptors (Lipinski definition) is 6. The van der Waals surface area contributed by atoms with Crippen LogP contribution in [0.5, 0.6) is 11.5 Å². The van der Waals surface area contributed by atoms with Crippen molar-refractivity contribution in [3.63, 3.8) is 0 Å². The SMILES string of the molecule is C#CCSc1nc2c(c(=O)[nH]1)C(c1ccc(OC)cc1OC)CC(=O)N2. The lowest BCUT2D eigenvalue weighted by Crippen LogP contribution is -2.31. The summed E-state index contributed by atoms with van der Waals surface area (Å²) < 4.78 is 10.6. The van der Waals surface area contributed by atoms with E-state index in [0.29, 0.717) is 28.0 Å². The van der Waals surface area contributed by atoms with Crippen molar-refractivity contribution in [3.8, 4) is 23.8 Å². The molecule has 2 N–H and O–H groups in total. The summed E-state index contributed by atoms with van der Waals surface area (Å²) in [5.41, 5.74) is 0.816. The summed E-state index contributed by atoms with van der Waals surface area (Å²) in [4.78, 5) is 32.0. The Labute approximate surface area is 154 Å². The number of nitrogens with one attached hydrogen (secondary N) is 2. The summed E-state index contributed by atoms with van der Waals surface area (Å²) in [5.74, 6) is 3.57. The Morgan fingerprint density at radius 3 is 2.85 bits per heavy atom. The van der Waals surface area contributed by atoms with Gasteiger partial charge in [-0.15, -0.1) is 6.42 Å². The fraction of sp³-hybridized carbons (Fsp3) is 0.278. The average Bonchev–Trinajstić information content (AvgIpc) is 2.64. The van der Waals surface area contributed by atoms with Crippen LogP contribution in [0, 0.1) is 12.3 Å². The molecule has 0 saturated heterocycles. The quantitative estimate of drug-likeness (QED) is 0.474. The largest absolute Gasteiger partial charge is 0.497 e. The molecule has 0 aliphatic carbocycles. The van der Waals surface area contributed by atoms with Gasteiger partial charge in [-0.05, 0) is 6.07 Å². The molecule has 3 rings (SSSR count). The number of terminal acetylenes is 1. The number of methoxy groups -OCH3 is 2. The Kier molecular flexibility index (Phi) is 5.19. The van der Waals surface area contributed by atoms with Crippen molar-refractivity contribution in [2.75, 3.05) is 25.3 Å². The predicted octanol–water partition coefficient (Wildman–Crippen LogP) is 1.99. The number of benzene rings is 1. The number of thioether (sulfide) groups is 1. The van der Waals surface area contributed by atoms with Crippen LogP contribution in [-0.2, 0) is 4.79 Å². The van der Waals surface area contributed by atoms with Gasteiger partial charge in [-0.2, -0.15) is 0 Å². The van der Waals surface area contributed by atoms with E-state index in [1.807, 2.05) is 0 Å². The number of nitrogens with zero attached hydrogens (tertiary/aromatic N) is 1. The number of aromatic amines is 1. The summed E-state index contributed by atoms with van der Waals surface area (Å²) in [6.07, 6.45) is 5.37. The van der Waals surface area contributed by atoms with Gasteiger partial charge in [-0.1, -0.05) is 23.7 Å². The van der Waals surface area contributed by atoms with E-state index in [-0.39, 0.29) is 23.7 Å². The van der Waals surface area contributed by atoms with Gasteiger partial charge in [0.25, 0.3) is 5.56 Å². The highest BCUT2D eigenvalue weighted by molar-refractivity contribution is 7.99. The van der Waals surface area contributed by atoms with E-state index in [1.165, 1.54) is 18.9 Å². The van der Waals surface area contributed by atoms with Gasteiger partial charge >= 0.3 is 0 Å². The van der Waals surface area contributed by atoms with Gasteiger partial charge in [-0.3, -0.25) is 9.59 Å². The molecule has 7 nitrogen and oxygen atoms in total. The van der Waals surface area contributed by atoms with Crippen molar-refractivity contribution < 1.29 is 14.3 Å². The summed E-state index contributed by atoms with van der Waals surface area (Å²) in [7, 11) is 3.09. The molecule has 2 aromatic rings. The molecule has 1 aliphatic heterocycles. The van der Waals surface area contributed by atoms with E-state index in [0.717, 1.165) is 5.56 Å². The fourth-order valence-corrected chi connectivity index (χ4v) is 3.44. The Morgan fingerprint density at radius 2 is 2.15 bits per heavy atom. The van der Waals surface area contributed by atoms with Crippen molar-refractivity contribution >= 4 is 23.5 Å². The molecule has 1 amide bonds. The second-order valence-electron chi connectivity index (χ2n) is 5.54. The summed E-state index contributed by atoms with van der Waals surface area (Å²) in [6.45, 7) is 0. The highest BCUT2D eigenvalue weighted by atomic mass is 32.2. The molecule has 1 aromatic heterocycles. The number of fused-ring (bicyclic) bond motifs is 1. The number of H-pyrrole nitrogens is 1. The lowest BCUT2D eigenvalue weighted by molar-refractivity contribution is -0.116. The third kappa shape index (κ3) is 3.39. The highest BCUT2D eigenvalue weighted by Gasteiger charge is 2.32. The zero-order valence-corrected chi connectivity index (χ0v) is 15.1. The first-order valence-electron chi connectivity index (χ1n) is 7.79. The molecule has 2 heterocycles. The normalized spacial score (nSPS) is 15.6. The maximum Gasteiger partial charge on any atom is 0.257 e. The second-order valence-corrected chi connectivity index (χ2v) is 6.50. The smallest absolute Gasteiger partial charge is 0.257 e. The molecule has 8 heteroatoms. The number of aromatic nitrogens is 2. The molecule has 0 spiro atoms. The molecule has 1 aliphatic rings. The van der Waals surface area contributed by atoms with E-state index in [2.05, 4.69) is 21.2 Å². The molecule has 26 heavy (non-hydrogen) atoms. The number of carbonyl (C=O) groups is 1. The summed E-state index contributed by atoms with van der Waals surface area (Å²) >= 11 is 1.22. The van der Waals surface area contributed by atoms with Crippen LogP contribution in [0.4, 0.5) is 5.82 Å². The van der Waals surface area contributed by atoms with Gasteiger partial charge in [0.05, 0.1) is 25.5 Å². The zero-order chi connectivity index (χ0) is 18.7. The maximum absolute atomic E-state index is 12.7. The van der Waals surface area contributed by atoms with E-state index in [4.69, 9.17) is 15.9 Å². The number of carbonyl (C=O) groups excluding carboxylic acids is 1. The fourth-order valence-electron chi connectivity index (χ4n) is 2.90. The number of rotatable bonds is 5. The van der Waals surface area contributed by atoms with Gasteiger partial charge < -0.3 is 19.8 Å². The van der Waals surface area contributed by atoms with Crippen molar-refractivity contribution in [1.29, 1.82) is 0 Å². The van der Waals surface area contributed by atoms with Crippen molar-refractivity contribution in [2.45, 2.75) is 17.5 Å². The molecule has 0 fully saturated rings. The van der Waals surface area contributed by atoms with Crippen LogP contribution < -0.4 is 20.3 Å². The molecule has 1 aromatic carbocycles. The zero-order valence-electron chi connectivity index (χ0n) is 14.3. The number of anilines is 1. The Bertz CT molecular complexity index is 948. The van der Waals surface area contributed by atoms with Crippen LogP contribution >= 0.6 is 11.8 Å². The molecule has 134 valence electrons. The minimum atomic E-state index is -0.470. The van der Waals surface area contributed by atoms with E-state index in [9.17, 15) is 9.59 Å². The van der Waals surface area contributed by atoms with Gasteiger partial charge in [0, 0.05) is 24.0 Å². The molecule has 1 unspecified atom stereocenters. The standard InChI is InChI=1S/C18H17N3O4S/c1-4-7-26-18-20-16-15(17(23)21-18)12(9-14(22)19-16)11-6-5-10(24-2)8-13(11)25-3/h1,5-6,8,12H,7,9H2,2-3H3,(H2,19,20,21,22,23). The minimum absolute atomic E-state index is 0.122. The number of amides is 1. The van der Waals surface area contributed by atoms with Crippen molar-refractivity contribution in [3.05, 3.63) is 39.7 Å². The lowest BCUT2D eigenvalue weighted by Gasteiger charge is -2.25. The third-order valence-electron chi connectivity index (χ3n) is 4.04. The second kappa shape index (κ2) is 7.54. The molecule has 1 atom stereocenters. The molecular formula is C18H17N3O4S. The predicted molar refractivity (Wildman–Crippen MR) is 99.1 cm³/mol.